The van der Waals surface area contributed by atoms with Gasteiger partial charge in [-0.25, -0.2) is 4.68 Å². The number of thiophene rings is 1. The molecule has 0 aliphatic heterocycles. The number of rotatable bonds is 6. The van der Waals surface area contributed by atoms with E-state index >= 15 is 0 Å². The quantitative estimate of drug-likeness (QED) is 0.839. The zero-order valence-electron chi connectivity index (χ0n) is 14.7. The number of carbonyl (C=O) groups excluding carboxylic acids is 1. The second kappa shape index (κ2) is 7.20. The molecular weight excluding hydrogens is 346 g/mol. The van der Waals surface area contributed by atoms with Crippen LogP contribution in [0.15, 0.2) is 23.0 Å². The first-order valence-electron chi connectivity index (χ1n) is 9.37. The summed E-state index contributed by atoms with van der Waals surface area (Å²) >= 11 is 1.52. The standard InChI is InChI=1S/C19H23N5OS/c20-13-19(7-8-19)24-11-17(22-23-24)16(10-14-4-2-1-3-5-14)21-18(25)15-6-9-26-12-15/h6,9,11-12,14,16H,1-5,7-8,10H2,(H,21,25). The molecule has 4 rings (SSSR count). The molecule has 2 fully saturated rings. The monoisotopic (exact) mass is 369 g/mol. The third-order valence-electron chi connectivity index (χ3n) is 5.62. The maximum atomic E-state index is 12.6. The Labute approximate surface area is 157 Å². The molecule has 0 bridgehead atoms. The van der Waals surface area contributed by atoms with E-state index < -0.39 is 5.54 Å². The Hall–Kier alpha value is -2.20. The van der Waals surface area contributed by atoms with Crippen LogP contribution in [0.3, 0.4) is 0 Å². The van der Waals surface area contributed by atoms with Gasteiger partial charge in [0.05, 0.1) is 23.9 Å². The summed E-state index contributed by atoms with van der Waals surface area (Å²) in [6.45, 7) is 0. The lowest BCUT2D eigenvalue weighted by Gasteiger charge is -2.26. The fourth-order valence-corrected chi connectivity index (χ4v) is 4.44. The number of aromatic nitrogens is 3. The third kappa shape index (κ3) is 3.51. The van der Waals surface area contributed by atoms with Gasteiger partial charge >= 0.3 is 0 Å². The van der Waals surface area contributed by atoms with Crippen LogP contribution >= 0.6 is 11.3 Å². The van der Waals surface area contributed by atoms with Crippen LogP contribution in [0.1, 0.15) is 73.5 Å². The predicted octanol–water partition coefficient (Wildman–Crippen LogP) is 3.79. The molecule has 7 heteroatoms. The van der Waals surface area contributed by atoms with E-state index in [9.17, 15) is 10.1 Å². The van der Waals surface area contributed by atoms with E-state index in [0.717, 1.165) is 25.0 Å². The van der Waals surface area contributed by atoms with Crippen molar-refractivity contribution < 1.29 is 4.79 Å². The van der Waals surface area contributed by atoms with Crippen molar-refractivity contribution in [2.45, 2.75) is 62.9 Å². The van der Waals surface area contributed by atoms with Crippen LogP contribution in [0.5, 0.6) is 0 Å². The minimum Gasteiger partial charge on any atom is -0.343 e. The van der Waals surface area contributed by atoms with Crippen molar-refractivity contribution in [2.24, 2.45) is 5.92 Å². The normalized spacial score (nSPS) is 20.3. The van der Waals surface area contributed by atoms with Crippen molar-refractivity contribution in [1.82, 2.24) is 20.3 Å². The van der Waals surface area contributed by atoms with Crippen LogP contribution in [0, 0.1) is 17.2 Å². The number of nitrogens with one attached hydrogen (secondary N) is 1. The van der Waals surface area contributed by atoms with Crippen LogP contribution in [0.2, 0.25) is 0 Å². The van der Waals surface area contributed by atoms with Crippen LogP contribution < -0.4 is 5.32 Å². The molecule has 2 aromatic rings. The van der Waals surface area contributed by atoms with E-state index in [2.05, 4.69) is 21.7 Å². The maximum Gasteiger partial charge on any atom is 0.252 e. The summed E-state index contributed by atoms with van der Waals surface area (Å²) < 4.78 is 1.69. The van der Waals surface area contributed by atoms with Crippen LogP contribution in [0.25, 0.3) is 0 Å². The second-order valence-electron chi connectivity index (χ2n) is 7.51. The van der Waals surface area contributed by atoms with Crippen LogP contribution in [-0.4, -0.2) is 20.9 Å². The predicted molar refractivity (Wildman–Crippen MR) is 98.6 cm³/mol. The highest BCUT2D eigenvalue weighted by Gasteiger charge is 2.46. The van der Waals surface area contributed by atoms with Crippen molar-refractivity contribution in [3.8, 4) is 6.07 Å². The van der Waals surface area contributed by atoms with E-state index in [4.69, 9.17) is 0 Å². The average Bonchev–Trinajstić information content (AvgIpc) is 3.08. The van der Waals surface area contributed by atoms with Gasteiger partial charge in [-0.3, -0.25) is 4.79 Å². The van der Waals surface area contributed by atoms with Crippen LogP contribution in [0.4, 0.5) is 0 Å². The molecule has 0 aromatic carbocycles. The van der Waals surface area contributed by atoms with Gasteiger partial charge < -0.3 is 5.32 Å². The zero-order chi connectivity index (χ0) is 18.0. The number of nitrogens with zero attached hydrogens (tertiary/aromatic N) is 4. The molecule has 6 nitrogen and oxygen atoms in total. The Kier molecular flexibility index (Phi) is 4.77. The zero-order valence-corrected chi connectivity index (χ0v) is 15.5. The second-order valence-corrected chi connectivity index (χ2v) is 8.29. The molecule has 0 spiro atoms. The summed E-state index contributed by atoms with van der Waals surface area (Å²) in [5.74, 6) is 0.538. The van der Waals surface area contributed by atoms with E-state index in [-0.39, 0.29) is 11.9 Å². The highest BCUT2D eigenvalue weighted by atomic mass is 32.1. The van der Waals surface area contributed by atoms with E-state index in [0.29, 0.717) is 11.5 Å². The van der Waals surface area contributed by atoms with Crippen molar-refractivity contribution in [3.05, 3.63) is 34.3 Å². The topological polar surface area (TPSA) is 83.6 Å². The summed E-state index contributed by atoms with van der Waals surface area (Å²) in [6, 6.07) is 4.02. The Morgan fingerprint density at radius 1 is 1.42 bits per heavy atom. The molecule has 2 aliphatic rings. The highest BCUT2D eigenvalue weighted by molar-refractivity contribution is 7.08. The molecule has 2 aromatic heterocycles. The van der Waals surface area contributed by atoms with Crippen molar-refractivity contribution in [3.63, 3.8) is 0 Å². The van der Waals surface area contributed by atoms with Gasteiger partial charge in [0.15, 0.2) is 5.54 Å². The number of amides is 1. The number of nitriles is 1. The summed E-state index contributed by atoms with van der Waals surface area (Å²) in [5, 5.41) is 24.8. The first-order chi connectivity index (χ1) is 12.7. The van der Waals surface area contributed by atoms with Crippen molar-refractivity contribution in [2.75, 3.05) is 0 Å². The minimum atomic E-state index is -0.516. The Morgan fingerprint density at radius 3 is 2.88 bits per heavy atom. The highest BCUT2D eigenvalue weighted by Crippen LogP contribution is 2.42. The Balaban J connectivity index is 1.53. The first-order valence-corrected chi connectivity index (χ1v) is 10.3. The van der Waals surface area contributed by atoms with Gasteiger partial charge in [-0.1, -0.05) is 37.3 Å². The molecule has 26 heavy (non-hydrogen) atoms. The minimum absolute atomic E-state index is 0.0666. The molecule has 0 saturated heterocycles. The maximum absolute atomic E-state index is 12.6. The first kappa shape index (κ1) is 17.2. The average molecular weight is 369 g/mol. The molecule has 2 heterocycles. The van der Waals surface area contributed by atoms with E-state index in [1.807, 2.05) is 23.0 Å². The van der Waals surface area contributed by atoms with Gasteiger partial charge in [0.25, 0.3) is 5.91 Å². The Morgan fingerprint density at radius 2 is 2.23 bits per heavy atom. The van der Waals surface area contributed by atoms with Gasteiger partial charge in [-0.05, 0) is 36.6 Å². The molecule has 1 amide bonds. The number of carbonyl (C=O) groups is 1. The van der Waals surface area contributed by atoms with Crippen molar-refractivity contribution in [1.29, 1.82) is 5.26 Å². The van der Waals surface area contributed by atoms with Gasteiger partial charge in [0, 0.05) is 5.38 Å². The smallest absolute Gasteiger partial charge is 0.252 e. The van der Waals surface area contributed by atoms with Gasteiger partial charge in [-0.2, -0.15) is 16.6 Å². The third-order valence-corrected chi connectivity index (χ3v) is 6.30. The van der Waals surface area contributed by atoms with Gasteiger partial charge in [0.2, 0.25) is 0 Å². The van der Waals surface area contributed by atoms with E-state index in [1.165, 1.54) is 43.4 Å². The largest absolute Gasteiger partial charge is 0.343 e. The molecule has 1 unspecified atom stereocenters. The van der Waals surface area contributed by atoms with Gasteiger partial charge in [-0.15, -0.1) is 5.10 Å². The summed E-state index contributed by atoms with van der Waals surface area (Å²) in [6.07, 6.45) is 10.6. The summed E-state index contributed by atoms with van der Waals surface area (Å²) in [5.41, 5.74) is 0.935. The Bertz CT molecular complexity index is 796. The molecular formula is C19H23N5OS. The molecule has 1 N–H and O–H groups in total. The summed E-state index contributed by atoms with van der Waals surface area (Å²) in [4.78, 5) is 12.6. The number of hydrogen-bond acceptors (Lipinski definition) is 5. The summed E-state index contributed by atoms with van der Waals surface area (Å²) in [7, 11) is 0. The lowest BCUT2D eigenvalue weighted by Crippen LogP contribution is -2.30. The molecule has 136 valence electrons. The SMILES string of the molecule is N#CC1(n2cc(C(CC3CCCCC3)NC(=O)c3ccsc3)nn2)CC1. The van der Waals surface area contributed by atoms with Crippen molar-refractivity contribution >= 4 is 17.2 Å². The fourth-order valence-electron chi connectivity index (χ4n) is 3.80. The molecule has 2 aliphatic carbocycles. The molecule has 2 saturated carbocycles. The van der Waals surface area contributed by atoms with Crippen LogP contribution in [-0.2, 0) is 5.54 Å². The molecule has 1 atom stereocenters. The fraction of sp³-hybridized carbons (Fsp3) is 0.579. The lowest BCUT2D eigenvalue weighted by atomic mass is 9.84. The lowest BCUT2D eigenvalue weighted by molar-refractivity contribution is 0.0927. The van der Waals surface area contributed by atoms with E-state index in [1.54, 1.807) is 4.68 Å². The van der Waals surface area contributed by atoms with Gasteiger partial charge in [0.1, 0.15) is 5.69 Å². The molecule has 0 radical (unpaired) electrons. The number of hydrogen-bond donors (Lipinski definition) is 1.